The van der Waals surface area contributed by atoms with E-state index in [9.17, 15) is 5.11 Å². The molecule has 0 amide bonds. The highest BCUT2D eigenvalue weighted by atomic mass is 16.5. The molecule has 2 N–H and O–H groups in total. The lowest BCUT2D eigenvalue weighted by atomic mass is 10.1. The van der Waals surface area contributed by atoms with Crippen LogP contribution in [0.3, 0.4) is 0 Å². The molecule has 0 saturated heterocycles. The molecule has 0 fully saturated rings. The van der Waals surface area contributed by atoms with Gasteiger partial charge in [0.1, 0.15) is 5.82 Å². The second kappa shape index (κ2) is 7.90. The minimum absolute atomic E-state index is 0.0285. The van der Waals surface area contributed by atoms with Crippen LogP contribution < -0.4 is 5.32 Å². The van der Waals surface area contributed by atoms with Crippen molar-refractivity contribution in [3.8, 4) is 11.5 Å². The molecule has 3 rings (SSSR count). The Bertz CT molecular complexity index is 785. The van der Waals surface area contributed by atoms with Crippen LogP contribution in [0, 0.1) is 5.92 Å². The van der Waals surface area contributed by atoms with E-state index in [2.05, 4.69) is 34.3 Å². The molecule has 1 atom stereocenters. The minimum Gasteiger partial charge on any atom is -0.394 e. The van der Waals surface area contributed by atoms with Gasteiger partial charge in [-0.05, 0) is 23.6 Å². The third-order valence-corrected chi connectivity index (χ3v) is 4.02. The van der Waals surface area contributed by atoms with E-state index >= 15 is 0 Å². The Balaban J connectivity index is 1.68. The molecule has 0 radical (unpaired) electrons. The number of pyridine rings is 1. The summed E-state index contributed by atoms with van der Waals surface area (Å²) in [6.45, 7) is 4.16. The molecule has 0 aliphatic heterocycles. The summed E-state index contributed by atoms with van der Waals surface area (Å²) in [5.41, 5.74) is 1.90. The standard InChI is InChI=1S/C19H22N4O2/c1-13(2)16(12-24)21-17-9-8-15(11-20-17)19-22-18(23-25-19)10-14-6-4-3-5-7-14/h3-9,11,13,16,24H,10,12H2,1-2H3,(H,20,21). The number of anilines is 1. The Hall–Kier alpha value is -2.73. The Morgan fingerprint density at radius 3 is 2.56 bits per heavy atom. The number of aliphatic hydroxyl groups is 1. The predicted octanol–water partition coefficient (Wildman–Crippen LogP) is 3.15. The number of hydrogen-bond acceptors (Lipinski definition) is 6. The maximum Gasteiger partial charge on any atom is 0.259 e. The molecule has 6 nitrogen and oxygen atoms in total. The summed E-state index contributed by atoms with van der Waals surface area (Å²) in [6, 6.07) is 13.7. The molecular formula is C19H22N4O2. The van der Waals surface area contributed by atoms with E-state index in [0.29, 0.717) is 29.9 Å². The highest BCUT2D eigenvalue weighted by Crippen LogP contribution is 2.19. The van der Waals surface area contributed by atoms with Crippen LogP contribution in [0.5, 0.6) is 0 Å². The average molecular weight is 338 g/mol. The van der Waals surface area contributed by atoms with Gasteiger partial charge in [-0.1, -0.05) is 49.3 Å². The molecule has 0 bridgehead atoms. The summed E-state index contributed by atoms with van der Waals surface area (Å²) < 4.78 is 5.34. The molecule has 2 aromatic heterocycles. The van der Waals surface area contributed by atoms with Crippen molar-refractivity contribution < 1.29 is 9.63 Å². The Kier molecular flexibility index (Phi) is 5.40. The number of nitrogens with one attached hydrogen (secondary N) is 1. The van der Waals surface area contributed by atoms with Gasteiger partial charge >= 0.3 is 0 Å². The predicted molar refractivity (Wildman–Crippen MR) is 96.1 cm³/mol. The second-order valence-electron chi connectivity index (χ2n) is 6.29. The molecule has 130 valence electrons. The maximum atomic E-state index is 9.39. The molecule has 25 heavy (non-hydrogen) atoms. The normalized spacial score (nSPS) is 12.3. The first-order valence-electron chi connectivity index (χ1n) is 8.36. The molecule has 3 aromatic rings. The lowest BCUT2D eigenvalue weighted by molar-refractivity contribution is 0.249. The lowest BCUT2D eigenvalue weighted by Crippen LogP contribution is -2.29. The number of benzene rings is 1. The van der Waals surface area contributed by atoms with Crippen LogP contribution in [0.1, 0.15) is 25.2 Å². The van der Waals surface area contributed by atoms with Gasteiger partial charge in [0.2, 0.25) is 0 Å². The van der Waals surface area contributed by atoms with E-state index in [0.717, 1.165) is 11.1 Å². The summed E-state index contributed by atoms with van der Waals surface area (Å²) >= 11 is 0. The van der Waals surface area contributed by atoms with Crippen LogP contribution in [0.15, 0.2) is 53.2 Å². The van der Waals surface area contributed by atoms with Crippen molar-refractivity contribution in [2.24, 2.45) is 5.92 Å². The van der Waals surface area contributed by atoms with Gasteiger partial charge < -0.3 is 14.9 Å². The van der Waals surface area contributed by atoms with Crippen LogP contribution in [0.4, 0.5) is 5.82 Å². The van der Waals surface area contributed by atoms with Crippen molar-refractivity contribution >= 4 is 5.82 Å². The minimum atomic E-state index is -0.0285. The van der Waals surface area contributed by atoms with Crippen LogP contribution >= 0.6 is 0 Å². The highest BCUT2D eigenvalue weighted by Gasteiger charge is 2.13. The van der Waals surface area contributed by atoms with Gasteiger partial charge in [0, 0.05) is 12.6 Å². The Labute approximate surface area is 146 Å². The van der Waals surface area contributed by atoms with Crippen molar-refractivity contribution in [3.05, 3.63) is 60.0 Å². The van der Waals surface area contributed by atoms with E-state index in [1.54, 1.807) is 6.20 Å². The zero-order valence-electron chi connectivity index (χ0n) is 14.4. The number of hydrogen-bond donors (Lipinski definition) is 2. The van der Waals surface area contributed by atoms with Crippen LogP contribution in [-0.2, 0) is 6.42 Å². The summed E-state index contributed by atoms with van der Waals surface area (Å²) in [6.07, 6.45) is 2.32. The largest absolute Gasteiger partial charge is 0.394 e. The van der Waals surface area contributed by atoms with Gasteiger partial charge in [0.25, 0.3) is 5.89 Å². The summed E-state index contributed by atoms with van der Waals surface area (Å²) in [4.78, 5) is 8.80. The molecule has 0 aliphatic rings. The number of rotatable bonds is 7. The van der Waals surface area contributed by atoms with Gasteiger partial charge in [-0.15, -0.1) is 0 Å². The van der Waals surface area contributed by atoms with Crippen LogP contribution in [0.25, 0.3) is 11.5 Å². The van der Waals surface area contributed by atoms with Crippen molar-refractivity contribution in [1.82, 2.24) is 15.1 Å². The molecular weight excluding hydrogens is 316 g/mol. The maximum absolute atomic E-state index is 9.39. The zero-order valence-corrected chi connectivity index (χ0v) is 14.4. The molecule has 6 heteroatoms. The fourth-order valence-electron chi connectivity index (χ4n) is 2.44. The average Bonchev–Trinajstić information content (AvgIpc) is 3.09. The number of aliphatic hydroxyl groups excluding tert-OH is 1. The zero-order chi connectivity index (χ0) is 17.6. The van der Waals surface area contributed by atoms with Gasteiger partial charge in [0.15, 0.2) is 5.82 Å². The first kappa shape index (κ1) is 17.1. The fraction of sp³-hybridized carbons (Fsp3) is 0.316. The second-order valence-corrected chi connectivity index (χ2v) is 6.29. The van der Waals surface area contributed by atoms with E-state index in [4.69, 9.17) is 4.52 Å². The summed E-state index contributed by atoms with van der Waals surface area (Å²) in [7, 11) is 0. The Morgan fingerprint density at radius 1 is 1.12 bits per heavy atom. The third kappa shape index (κ3) is 4.42. The monoisotopic (exact) mass is 338 g/mol. The lowest BCUT2D eigenvalue weighted by Gasteiger charge is -2.20. The Morgan fingerprint density at radius 2 is 1.92 bits per heavy atom. The van der Waals surface area contributed by atoms with Gasteiger partial charge in [-0.25, -0.2) is 4.98 Å². The fourth-order valence-corrected chi connectivity index (χ4v) is 2.44. The summed E-state index contributed by atoms with van der Waals surface area (Å²) in [5, 5.41) is 16.6. The number of aromatic nitrogens is 3. The number of nitrogens with zero attached hydrogens (tertiary/aromatic N) is 3. The molecule has 0 saturated carbocycles. The highest BCUT2D eigenvalue weighted by molar-refractivity contribution is 5.54. The smallest absolute Gasteiger partial charge is 0.259 e. The van der Waals surface area contributed by atoms with Crippen molar-refractivity contribution in [3.63, 3.8) is 0 Å². The quantitative estimate of drug-likeness (QED) is 0.688. The molecule has 0 aliphatic carbocycles. The molecule has 1 unspecified atom stereocenters. The molecule has 1 aromatic carbocycles. The summed E-state index contributed by atoms with van der Waals surface area (Å²) in [5.74, 6) is 2.11. The van der Waals surface area contributed by atoms with Crippen LogP contribution in [0.2, 0.25) is 0 Å². The topological polar surface area (TPSA) is 84.1 Å². The van der Waals surface area contributed by atoms with E-state index in [1.807, 2.05) is 42.5 Å². The third-order valence-electron chi connectivity index (χ3n) is 4.02. The first-order chi connectivity index (χ1) is 12.2. The van der Waals surface area contributed by atoms with Gasteiger partial charge in [-0.2, -0.15) is 4.98 Å². The molecule has 2 heterocycles. The van der Waals surface area contributed by atoms with Crippen molar-refractivity contribution in [1.29, 1.82) is 0 Å². The SMILES string of the molecule is CC(C)C(CO)Nc1ccc(-c2nc(Cc3ccccc3)no2)cn1. The van der Waals surface area contributed by atoms with E-state index in [1.165, 1.54) is 0 Å². The van der Waals surface area contributed by atoms with Crippen molar-refractivity contribution in [2.75, 3.05) is 11.9 Å². The van der Waals surface area contributed by atoms with Gasteiger partial charge in [0.05, 0.1) is 18.2 Å². The van der Waals surface area contributed by atoms with Crippen molar-refractivity contribution in [2.45, 2.75) is 26.3 Å². The van der Waals surface area contributed by atoms with E-state index < -0.39 is 0 Å². The van der Waals surface area contributed by atoms with E-state index in [-0.39, 0.29) is 12.6 Å². The molecule has 0 spiro atoms. The van der Waals surface area contributed by atoms with Crippen LogP contribution in [-0.4, -0.2) is 32.9 Å². The first-order valence-corrected chi connectivity index (χ1v) is 8.36. The van der Waals surface area contributed by atoms with Gasteiger partial charge in [-0.3, -0.25) is 0 Å².